The molecule has 1 unspecified atom stereocenters. The Hall–Kier alpha value is -4.28. The van der Waals surface area contributed by atoms with Gasteiger partial charge >= 0.3 is 0 Å². The zero-order chi connectivity index (χ0) is 30.0. The van der Waals surface area contributed by atoms with Gasteiger partial charge in [-0.1, -0.05) is 40.2 Å². The van der Waals surface area contributed by atoms with Crippen LogP contribution in [-0.4, -0.2) is 50.5 Å². The van der Waals surface area contributed by atoms with Crippen molar-refractivity contribution in [2.45, 2.75) is 25.6 Å². The maximum absolute atomic E-state index is 14.4. The summed E-state index contributed by atoms with van der Waals surface area (Å²) >= 11 is 3.52. The normalized spacial score (nSPS) is 15.6. The van der Waals surface area contributed by atoms with Crippen molar-refractivity contribution in [1.29, 1.82) is 0 Å². The standard InChI is InChI=1S/C32H30BrFN4O4/c1-19(35-2)30(39)36-26-18-38(31(40)20-8-12-23(34)13-9-20)28-7-5-4-6-27(28)37(32(26)41)17-25-24-14-11-22(33)16-21(24)10-15-29(25)42-3/h4-16,19,26,35H,17-18H2,1-3H3,(H,36,39)/t19-,26?/m0/s1. The molecule has 0 aliphatic carbocycles. The van der Waals surface area contributed by atoms with Crippen molar-refractivity contribution in [2.75, 3.05) is 30.5 Å². The van der Waals surface area contributed by atoms with Gasteiger partial charge in [0.2, 0.25) is 5.91 Å². The van der Waals surface area contributed by atoms with E-state index in [-0.39, 0.29) is 30.5 Å². The number of carbonyl (C=O) groups excluding carboxylic acids is 3. The number of para-hydroxylation sites is 2. The van der Waals surface area contributed by atoms with Gasteiger partial charge in [-0.3, -0.25) is 14.4 Å². The Morgan fingerprint density at radius 1 is 1.05 bits per heavy atom. The summed E-state index contributed by atoms with van der Waals surface area (Å²) in [6.07, 6.45) is 0. The van der Waals surface area contributed by atoms with E-state index >= 15 is 0 Å². The molecule has 0 spiro atoms. The van der Waals surface area contributed by atoms with Gasteiger partial charge in [-0.25, -0.2) is 4.39 Å². The van der Waals surface area contributed by atoms with Crippen molar-refractivity contribution in [3.8, 4) is 5.75 Å². The van der Waals surface area contributed by atoms with Crippen LogP contribution in [-0.2, 0) is 16.1 Å². The molecule has 1 aliphatic heterocycles. The lowest BCUT2D eigenvalue weighted by molar-refractivity contribution is -0.128. The van der Waals surface area contributed by atoms with E-state index < -0.39 is 23.8 Å². The fourth-order valence-corrected chi connectivity index (χ4v) is 5.46. The van der Waals surface area contributed by atoms with Crippen molar-refractivity contribution in [2.24, 2.45) is 0 Å². The van der Waals surface area contributed by atoms with Gasteiger partial charge < -0.3 is 25.2 Å². The molecule has 42 heavy (non-hydrogen) atoms. The van der Waals surface area contributed by atoms with Crippen LogP contribution in [0.1, 0.15) is 22.8 Å². The monoisotopic (exact) mass is 632 g/mol. The van der Waals surface area contributed by atoms with Gasteiger partial charge in [-0.2, -0.15) is 0 Å². The van der Waals surface area contributed by atoms with E-state index in [1.54, 1.807) is 50.2 Å². The number of nitrogens with zero attached hydrogens (tertiary/aromatic N) is 2. The molecule has 1 aliphatic rings. The fourth-order valence-electron chi connectivity index (χ4n) is 5.08. The van der Waals surface area contributed by atoms with Gasteiger partial charge in [0.05, 0.1) is 37.6 Å². The van der Waals surface area contributed by atoms with E-state index in [4.69, 9.17) is 4.74 Å². The third-order valence-corrected chi connectivity index (χ3v) is 7.95. The van der Waals surface area contributed by atoms with Crippen molar-refractivity contribution < 1.29 is 23.5 Å². The van der Waals surface area contributed by atoms with Crippen LogP contribution in [0.25, 0.3) is 10.8 Å². The highest BCUT2D eigenvalue weighted by Gasteiger charge is 2.38. The van der Waals surface area contributed by atoms with E-state index in [9.17, 15) is 18.8 Å². The number of carbonyl (C=O) groups is 3. The lowest BCUT2D eigenvalue weighted by Crippen LogP contribution is -2.55. The largest absolute Gasteiger partial charge is 0.496 e. The Morgan fingerprint density at radius 3 is 2.45 bits per heavy atom. The van der Waals surface area contributed by atoms with Crippen LogP contribution >= 0.6 is 15.9 Å². The number of rotatable bonds is 7. The molecular formula is C32H30BrFN4O4. The minimum atomic E-state index is -1.07. The second-order valence-corrected chi connectivity index (χ2v) is 10.9. The molecule has 8 nitrogen and oxygen atoms in total. The van der Waals surface area contributed by atoms with E-state index in [1.165, 1.54) is 29.2 Å². The molecule has 0 aromatic heterocycles. The highest BCUT2D eigenvalue weighted by molar-refractivity contribution is 9.10. The average molecular weight is 634 g/mol. The summed E-state index contributed by atoms with van der Waals surface area (Å²) in [6.45, 7) is 1.68. The van der Waals surface area contributed by atoms with Gasteiger partial charge in [-0.05, 0) is 79.3 Å². The fraction of sp³-hybridized carbons (Fsp3) is 0.219. The van der Waals surface area contributed by atoms with Crippen molar-refractivity contribution >= 4 is 55.8 Å². The van der Waals surface area contributed by atoms with Gasteiger partial charge in [0, 0.05) is 15.6 Å². The number of halogens is 2. The lowest BCUT2D eigenvalue weighted by Gasteiger charge is -2.27. The molecule has 2 atom stereocenters. The molecule has 10 heteroatoms. The van der Waals surface area contributed by atoms with E-state index in [2.05, 4.69) is 26.6 Å². The highest BCUT2D eigenvalue weighted by atomic mass is 79.9. The molecule has 1 heterocycles. The predicted octanol–water partition coefficient (Wildman–Crippen LogP) is 5.04. The van der Waals surface area contributed by atoms with Crippen LogP contribution in [0.5, 0.6) is 5.75 Å². The Balaban J connectivity index is 1.65. The molecule has 0 fully saturated rings. The van der Waals surface area contributed by atoms with Crippen molar-refractivity contribution in [3.63, 3.8) is 0 Å². The number of hydrogen-bond acceptors (Lipinski definition) is 5. The molecule has 4 aromatic rings. The first kappa shape index (κ1) is 29.2. The van der Waals surface area contributed by atoms with Crippen molar-refractivity contribution in [3.05, 3.63) is 100 Å². The number of amides is 3. The summed E-state index contributed by atoms with van der Waals surface area (Å²) in [5.74, 6) is -1.06. The zero-order valence-corrected chi connectivity index (χ0v) is 24.9. The Labute approximate surface area is 251 Å². The lowest BCUT2D eigenvalue weighted by atomic mass is 10.0. The number of likely N-dealkylation sites (N-methyl/N-ethyl adjacent to an activating group) is 1. The maximum Gasteiger partial charge on any atom is 0.258 e. The van der Waals surface area contributed by atoms with E-state index in [0.717, 1.165) is 20.8 Å². The molecule has 5 rings (SSSR count). The third-order valence-electron chi connectivity index (χ3n) is 7.46. The Kier molecular flexibility index (Phi) is 8.56. The SMILES string of the molecule is CN[C@@H](C)C(=O)NC1CN(C(=O)c2ccc(F)cc2)c2ccccc2N(Cc2c(OC)ccc3cc(Br)ccc23)C1=O. The van der Waals surface area contributed by atoms with Gasteiger partial charge in [0.1, 0.15) is 17.6 Å². The molecular weight excluding hydrogens is 603 g/mol. The molecule has 0 saturated heterocycles. The Morgan fingerprint density at radius 2 is 1.76 bits per heavy atom. The molecule has 0 bridgehead atoms. The summed E-state index contributed by atoms with van der Waals surface area (Å²) < 4.78 is 20.3. The number of nitrogens with one attached hydrogen (secondary N) is 2. The number of fused-ring (bicyclic) bond motifs is 2. The van der Waals surface area contributed by atoms with Crippen LogP contribution in [0.15, 0.2) is 83.3 Å². The van der Waals surface area contributed by atoms with Crippen LogP contribution in [0.3, 0.4) is 0 Å². The number of anilines is 2. The average Bonchev–Trinajstić information content (AvgIpc) is 3.11. The highest BCUT2D eigenvalue weighted by Crippen LogP contribution is 2.38. The summed E-state index contributed by atoms with van der Waals surface area (Å²) in [7, 11) is 3.23. The topological polar surface area (TPSA) is 91.0 Å². The van der Waals surface area contributed by atoms with Crippen LogP contribution < -0.4 is 25.2 Å². The summed E-state index contributed by atoms with van der Waals surface area (Å²) in [4.78, 5) is 44.3. The minimum absolute atomic E-state index is 0.116. The minimum Gasteiger partial charge on any atom is -0.496 e. The molecule has 0 radical (unpaired) electrons. The first-order valence-corrected chi connectivity index (χ1v) is 14.2. The molecule has 216 valence electrons. The summed E-state index contributed by atoms with van der Waals surface area (Å²) in [5, 5.41) is 7.58. The van der Waals surface area contributed by atoms with Crippen LogP contribution in [0.2, 0.25) is 0 Å². The van der Waals surface area contributed by atoms with Gasteiger partial charge in [0.25, 0.3) is 11.8 Å². The van der Waals surface area contributed by atoms with Crippen LogP contribution in [0.4, 0.5) is 15.8 Å². The van der Waals surface area contributed by atoms with Gasteiger partial charge in [0.15, 0.2) is 0 Å². The number of hydrogen-bond donors (Lipinski definition) is 2. The summed E-state index contributed by atoms with van der Waals surface area (Å²) in [6, 6.07) is 20.4. The molecule has 2 N–H and O–H groups in total. The van der Waals surface area contributed by atoms with Gasteiger partial charge in [-0.15, -0.1) is 0 Å². The first-order valence-electron chi connectivity index (χ1n) is 13.4. The molecule has 4 aromatic carbocycles. The second-order valence-electron chi connectivity index (χ2n) is 10.0. The smallest absolute Gasteiger partial charge is 0.258 e. The predicted molar refractivity (Wildman–Crippen MR) is 164 cm³/mol. The zero-order valence-electron chi connectivity index (χ0n) is 23.4. The molecule has 0 saturated carbocycles. The second kappa shape index (κ2) is 12.3. The number of ether oxygens (including phenoxy) is 1. The van der Waals surface area contributed by atoms with Crippen molar-refractivity contribution in [1.82, 2.24) is 10.6 Å². The third kappa shape index (κ3) is 5.73. The quantitative estimate of drug-likeness (QED) is 0.298. The number of methoxy groups -OCH3 is 1. The number of benzene rings is 4. The first-order chi connectivity index (χ1) is 20.2. The Bertz CT molecular complexity index is 1660. The summed E-state index contributed by atoms with van der Waals surface area (Å²) in [5.41, 5.74) is 2.01. The van der Waals surface area contributed by atoms with E-state index in [1.807, 2.05) is 30.3 Å². The van der Waals surface area contributed by atoms with E-state index in [0.29, 0.717) is 17.1 Å². The maximum atomic E-state index is 14.4. The molecule has 3 amide bonds. The van der Waals surface area contributed by atoms with Crippen LogP contribution in [0, 0.1) is 5.82 Å².